The highest BCUT2D eigenvalue weighted by atomic mass is 79.9. The molecule has 21 heavy (non-hydrogen) atoms. The van der Waals surface area contributed by atoms with Gasteiger partial charge < -0.3 is 15.3 Å². The third-order valence-corrected chi connectivity index (χ3v) is 3.10. The maximum absolute atomic E-state index is 13.8. The van der Waals surface area contributed by atoms with Crippen LogP contribution < -0.4 is 10.2 Å². The molecule has 1 aromatic carbocycles. The summed E-state index contributed by atoms with van der Waals surface area (Å²) in [7, 11) is 0. The van der Waals surface area contributed by atoms with Gasteiger partial charge in [0.2, 0.25) is 5.91 Å². The Labute approximate surface area is 129 Å². The van der Waals surface area contributed by atoms with Crippen molar-refractivity contribution in [1.29, 1.82) is 0 Å². The van der Waals surface area contributed by atoms with Gasteiger partial charge in [-0.1, -0.05) is 22.0 Å². The second kappa shape index (κ2) is 6.84. The zero-order chi connectivity index (χ0) is 16.2. The molecular formula is C13H15BrF2N2O3. The van der Waals surface area contributed by atoms with Crippen molar-refractivity contribution in [2.24, 2.45) is 0 Å². The summed E-state index contributed by atoms with van der Waals surface area (Å²) in [6.07, 6.45) is -1.29. The van der Waals surface area contributed by atoms with Crippen molar-refractivity contribution in [2.45, 2.75) is 19.4 Å². The predicted octanol–water partition coefficient (Wildman–Crippen LogP) is 2.74. The summed E-state index contributed by atoms with van der Waals surface area (Å²) in [5.74, 6) is -2.37. The van der Waals surface area contributed by atoms with Crippen LogP contribution in [0.3, 0.4) is 0 Å². The van der Waals surface area contributed by atoms with Crippen LogP contribution in [0.4, 0.5) is 19.3 Å². The third-order valence-electron chi connectivity index (χ3n) is 2.62. The standard InChI is InChI=1S/C13H15BrF2N2O3/c1-13(2,17-12(20)21)7-18(10(19)6-14)11-8(15)4-3-5-9(11)16/h3-5,17H,6-7H2,1-2H3,(H,20,21). The second-order valence-corrected chi connectivity index (χ2v) is 5.56. The Morgan fingerprint density at radius 1 is 1.33 bits per heavy atom. The highest BCUT2D eigenvalue weighted by Gasteiger charge is 2.30. The smallest absolute Gasteiger partial charge is 0.405 e. The molecule has 1 aromatic rings. The normalized spacial score (nSPS) is 11.1. The minimum atomic E-state index is -1.29. The summed E-state index contributed by atoms with van der Waals surface area (Å²) in [5, 5.41) is 10.8. The lowest BCUT2D eigenvalue weighted by atomic mass is 10.0. The van der Waals surface area contributed by atoms with E-state index < -0.39 is 34.9 Å². The van der Waals surface area contributed by atoms with E-state index in [1.54, 1.807) is 0 Å². The number of carbonyl (C=O) groups is 2. The van der Waals surface area contributed by atoms with Crippen LogP contribution in [0.2, 0.25) is 0 Å². The number of halogens is 3. The Bertz CT molecular complexity index is 532. The molecule has 116 valence electrons. The number of carboxylic acid groups (broad SMARTS) is 1. The summed E-state index contributed by atoms with van der Waals surface area (Å²) >= 11 is 2.95. The molecule has 0 aliphatic rings. The van der Waals surface area contributed by atoms with Crippen LogP contribution in [0.1, 0.15) is 13.8 Å². The number of para-hydroxylation sites is 1. The zero-order valence-electron chi connectivity index (χ0n) is 11.5. The molecule has 0 radical (unpaired) electrons. The van der Waals surface area contributed by atoms with Gasteiger partial charge in [-0.2, -0.15) is 0 Å². The van der Waals surface area contributed by atoms with Gasteiger partial charge in [-0.05, 0) is 26.0 Å². The number of nitrogens with one attached hydrogen (secondary N) is 1. The predicted molar refractivity (Wildman–Crippen MR) is 77.7 cm³/mol. The molecule has 0 spiro atoms. The summed E-state index contributed by atoms with van der Waals surface area (Å²) in [5.41, 5.74) is -1.58. The van der Waals surface area contributed by atoms with Crippen molar-refractivity contribution in [2.75, 3.05) is 16.8 Å². The van der Waals surface area contributed by atoms with Gasteiger partial charge in [0, 0.05) is 6.54 Å². The lowest BCUT2D eigenvalue weighted by Crippen LogP contribution is -2.53. The first kappa shape index (κ1) is 17.4. The molecule has 0 saturated carbocycles. The summed E-state index contributed by atoms with van der Waals surface area (Å²) < 4.78 is 27.7. The molecule has 0 heterocycles. The highest BCUT2D eigenvalue weighted by molar-refractivity contribution is 9.09. The van der Waals surface area contributed by atoms with Gasteiger partial charge in [-0.3, -0.25) is 4.79 Å². The Hall–Kier alpha value is -1.70. The first-order chi connectivity index (χ1) is 9.68. The van der Waals surface area contributed by atoms with E-state index in [1.165, 1.54) is 19.9 Å². The fourth-order valence-corrected chi connectivity index (χ4v) is 2.14. The Morgan fingerprint density at radius 2 is 1.86 bits per heavy atom. The van der Waals surface area contributed by atoms with Crippen molar-refractivity contribution < 1.29 is 23.5 Å². The number of hydrogen-bond donors (Lipinski definition) is 2. The fraction of sp³-hybridized carbons (Fsp3) is 0.385. The first-order valence-electron chi connectivity index (χ1n) is 5.99. The first-order valence-corrected chi connectivity index (χ1v) is 7.11. The van der Waals surface area contributed by atoms with Crippen LogP contribution in [0, 0.1) is 11.6 Å². The Morgan fingerprint density at radius 3 is 2.29 bits per heavy atom. The van der Waals surface area contributed by atoms with Gasteiger partial charge in [-0.25, -0.2) is 13.6 Å². The Kier molecular flexibility index (Phi) is 5.65. The summed E-state index contributed by atoms with van der Waals surface area (Å²) in [6, 6.07) is 3.25. The van der Waals surface area contributed by atoms with E-state index in [1.807, 2.05) is 0 Å². The van der Waals surface area contributed by atoms with E-state index >= 15 is 0 Å². The van der Waals surface area contributed by atoms with Gasteiger partial charge in [0.05, 0.1) is 10.9 Å². The number of rotatable bonds is 5. The van der Waals surface area contributed by atoms with Gasteiger partial charge in [0.15, 0.2) is 0 Å². The molecular weight excluding hydrogens is 350 g/mol. The average molecular weight is 365 g/mol. The quantitative estimate of drug-likeness (QED) is 0.789. The molecule has 5 nitrogen and oxygen atoms in total. The molecule has 0 aliphatic carbocycles. The van der Waals surface area contributed by atoms with Gasteiger partial charge >= 0.3 is 6.09 Å². The van der Waals surface area contributed by atoms with E-state index in [4.69, 9.17) is 5.11 Å². The monoisotopic (exact) mass is 364 g/mol. The van der Waals surface area contributed by atoms with E-state index in [-0.39, 0.29) is 11.9 Å². The maximum Gasteiger partial charge on any atom is 0.405 e. The molecule has 0 aromatic heterocycles. The lowest BCUT2D eigenvalue weighted by molar-refractivity contribution is -0.116. The lowest BCUT2D eigenvalue weighted by Gasteiger charge is -2.32. The molecule has 2 N–H and O–H groups in total. The molecule has 0 aliphatic heterocycles. The van der Waals surface area contributed by atoms with Crippen LogP contribution in [0.25, 0.3) is 0 Å². The number of anilines is 1. The number of hydrogen-bond acceptors (Lipinski definition) is 2. The molecule has 0 saturated heterocycles. The van der Waals surface area contributed by atoms with E-state index in [0.717, 1.165) is 17.0 Å². The minimum absolute atomic E-state index is 0.149. The van der Waals surface area contributed by atoms with E-state index in [0.29, 0.717) is 0 Å². The van der Waals surface area contributed by atoms with Crippen molar-refractivity contribution in [1.82, 2.24) is 5.32 Å². The number of benzene rings is 1. The fourth-order valence-electron chi connectivity index (χ4n) is 1.84. The molecule has 2 amide bonds. The number of nitrogens with zero attached hydrogens (tertiary/aromatic N) is 1. The molecule has 8 heteroatoms. The SMILES string of the molecule is CC(C)(CN(C(=O)CBr)c1c(F)cccc1F)NC(=O)O. The van der Waals surface area contributed by atoms with Crippen LogP contribution in [-0.2, 0) is 4.79 Å². The van der Waals surface area contributed by atoms with E-state index in [9.17, 15) is 18.4 Å². The van der Waals surface area contributed by atoms with Crippen LogP contribution in [0.15, 0.2) is 18.2 Å². The van der Waals surface area contributed by atoms with Gasteiger partial charge in [0.25, 0.3) is 0 Å². The van der Waals surface area contributed by atoms with Crippen LogP contribution >= 0.6 is 15.9 Å². The van der Waals surface area contributed by atoms with E-state index in [2.05, 4.69) is 21.2 Å². The summed E-state index contributed by atoms with van der Waals surface area (Å²) in [6.45, 7) is 2.80. The van der Waals surface area contributed by atoms with Crippen molar-refractivity contribution in [3.8, 4) is 0 Å². The van der Waals surface area contributed by atoms with Gasteiger partial charge in [0.1, 0.15) is 17.3 Å². The highest BCUT2D eigenvalue weighted by Crippen LogP contribution is 2.25. The number of alkyl halides is 1. The van der Waals surface area contributed by atoms with Crippen molar-refractivity contribution >= 4 is 33.6 Å². The topological polar surface area (TPSA) is 69.6 Å². The minimum Gasteiger partial charge on any atom is -0.465 e. The molecule has 0 atom stereocenters. The Balaban J connectivity index is 3.19. The molecule has 0 bridgehead atoms. The molecule has 0 fully saturated rings. The van der Waals surface area contributed by atoms with Crippen LogP contribution in [-0.4, -0.2) is 34.5 Å². The third kappa shape index (κ3) is 4.66. The van der Waals surface area contributed by atoms with Gasteiger partial charge in [-0.15, -0.1) is 0 Å². The largest absolute Gasteiger partial charge is 0.465 e. The van der Waals surface area contributed by atoms with Crippen LogP contribution in [0.5, 0.6) is 0 Å². The molecule has 1 rings (SSSR count). The second-order valence-electron chi connectivity index (χ2n) is 5.00. The number of amides is 2. The number of carbonyl (C=O) groups excluding carboxylic acids is 1. The zero-order valence-corrected chi connectivity index (χ0v) is 13.1. The molecule has 0 unspecified atom stereocenters. The van der Waals surface area contributed by atoms with Crippen molar-refractivity contribution in [3.05, 3.63) is 29.8 Å². The summed E-state index contributed by atoms with van der Waals surface area (Å²) in [4.78, 5) is 23.6. The van der Waals surface area contributed by atoms with Crippen molar-refractivity contribution in [3.63, 3.8) is 0 Å². The maximum atomic E-state index is 13.8. The average Bonchev–Trinajstić information content (AvgIpc) is 2.34.